The maximum Gasteiger partial charge on any atom is 0.246 e. The minimum atomic E-state index is -0.546. The third kappa shape index (κ3) is 5.10. The summed E-state index contributed by atoms with van der Waals surface area (Å²) in [4.78, 5) is 31.3. The first-order chi connectivity index (χ1) is 13.3. The van der Waals surface area contributed by atoms with Crippen molar-refractivity contribution in [2.45, 2.75) is 37.6 Å². The molecule has 0 spiro atoms. The quantitative estimate of drug-likeness (QED) is 0.809. The number of hydrogen-bond acceptors (Lipinski definition) is 4. The molecular formula is C21H24FN3O2S. The van der Waals surface area contributed by atoms with Gasteiger partial charge >= 0.3 is 0 Å². The van der Waals surface area contributed by atoms with Gasteiger partial charge in [-0.1, -0.05) is 18.2 Å². The second-order valence-corrected chi connectivity index (χ2v) is 8.99. The Morgan fingerprint density at radius 1 is 1.29 bits per heavy atom. The zero-order chi connectivity index (χ0) is 20.1. The van der Waals surface area contributed by atoms with E-state index in [2.05, 4.69) is 10.3 Å². The molecule has 1 aromatic heterocycles. The second-order valence-electron chi connectivity index (χ2n) is 7.34. The monoisotopic (exact) mass is 401 g/mol. The third-order valence-electron chi connectivity index (χ3n) is 4.75. The van der Waals surface area contributed by atoms with Gasteiger partial charge in [-0.05, 0) is 49.6 Å². The Hall–Kier alpha value is -2.41. The van der Waals surface area contributed by atoms with Crippen LogP contribution in [-0.4, -0.2) is 44.8 Å². The van der Waals surface area contributed by atoms with Crippen LogP contribution in [0.1, 0.15) is 25.0 Å². The molecule has 1 atom stereocenters. The summed E-state index contributed by atoms with van der Waals surface area (Å²) in [5.41, 5.74) is 1.87. The van der Waals surface area contributed by atoms with Gasteiger partial charge in [-0.15, -0.1) is 11.8 Å². The fraction of sp³-hybridized carbons (Fsp3) is 0.381. The Morgan fingerprint density at radius 3 is 2.68 bits per heavy atom. The van der Waals surface area contributed by atoms with Gasteiger partial charge < -0.3 is 10.2 Å². The Morgan fingerprint density at radius 2 is 2.04 bits per heavy atom. The summed E-state index contributed by atoms with van der Waals surface area (Å²) in [6, 6.07) is 9.49. The summed E-state index contributed by atoms with van der Waals surface area (Å²) in [5, 5.41) is 2.86. The molecule has 1 aliphatic rings. The SMILES string of the molecule is CC1(C)SC[C@@H](C(=O)N(CCc2ccc(F)cc2)Cc2cccnc2)NC1=O. The number of pyridine rings is 1. The average molecular weight is 402 g/mol. The van der Waals surface area contributed by atoms with Crippen molar-refractivity contribution < 1.29 is 14.0 Å². The first-order valence-corrected chi connectivity index (χ1v) is 10.2. The summed E-state index contributed by atoms with van der Waals surface area (Å²) in [7, 11) is 0. The Kier molecular flexibility index (Phi) is 6.34. The molecule has 148 valence electrons. The first kappa shape index (κ1) is 20.3. The predicted octanol–water partition coefficient (Wildman–Crippen LogP) is 2.80. The zero-order valence-electron chi connectivity index (χ0n) is 16.0. The summed E-state index contributed by atoms with van der Waals surface area (Å²) in [5.74, 6) is 0.0263. The molecule has 1 saturated heterocycles. The van der Waals surface area contributed by atoms with E-state index < -0.39 is 10.8 Å². The van der Waals surface area contributed by atoms with Gasteiger partial charge in [0.2, 0.25) is 11.8 Å². The number of nitrogens with zero attached hydrogens (tertiary/aromatic N) is 2. The number of rotatable bonds is 6. The van der Waals surface area contributed by atoms with E-state index in [1.54, 1.807) is 29.4 Å². The summed E-state index contributed by atoms with van der Waals surface area (Å²) in [6.07, 6.45) is 4.02. The van der Waals surface area contributed by atoms with Crippen molar-refractivity contribution in [2.24, 2.45) is 0 Å². The lowest BCUT2D eigenvalue weighted by Crippen LogP contribution is -2.57. The standard InChI is InChI=1S/C21H24FN3O2S/c1-21(2)20(27)24-18(14-28-21)19(26)25(13-16-4-3-10-23-12-16)11-9-15-5-7-17(22)8-6-15/h3-8,10,12,18H,9,11,13-14H2,1-2H3,(H,24,27)/t18-/m0/s1. The number of hydrogen-bond donors (Lipinski definition) is 1. The molecule has 1 N–H and O–H groups in total. The van der Waals surface area contributed by atoms with Gasteiger partial charge in [0, 0.05) is 31.2 Å². The summed E-state index contributed by atoms with van der Waals surface area (Å²) >= 11 is 1.49. The molecular weight excluding hydrogens is 377 g/mol. The second kappa shape index (κ2) is 8.73. The van der Waals surface area contributed by atoms with E-state index in [1.165, 1.54) is 23.9 Å². The molecule has 2 heterocycles. The largest absolute Gasteiger partial charge is 0.342 e. The van der Waals surface area contributed by atoms with E-state index in [-0.39, 0.29) is 17.6 Å². The van der Waals surface area contributed by atoms with Crippen LogP contribution in [0.2, 0.25) is 0 Å². The zero-order valence-corrected chi connectivity index (χ0v) is 16.8. The van der Waals surface area contributed by atoms with Crippen LogP contribution in [0.15, 0.2) is 48.8 Å². The minimum absolute atomic E-state index is 0.109. The number of amides is 2. The molecule has 5 nitrogen and oxygen atoms in total. The molecule has 1 aliphatic heterocycles. The Bertz CT molecular complexity index is 827. The van der Waals surface area contributed by atoms with E-state index >= 15 is 0 Å². The van der Waals surface area contributed by atoms with Gasteiger partial charge in [-0.25, -0.2) is 4.39 Å². The minimum Gasteiger partial charge on any atom is -0.342 e. The molecule has 2 amide bonds. The number of benzene rings is 1. The van der Waals surface area contributed by atoms with E-state index in [4.69, 9.17) is 0 Å². The van der Waals surface area contributed by atoms with Crippen molar-refractivity contribution >= 4 is 23.6 Å². The predicted molar refractivity (Wildman–Crippen MR) is 108 cm³/mol. The fourth-order valence-electron chi connectivity index (χ4n) is 2.98. The number of halogens is 1. The highest BCUT2D eigenvalue weighted by Crippen LogP contribution is 2.29. The van der Waals surface area contributed by atoms with Gasteiger partial charge in [0.1, 0.15) is 11.9 Å². The highest BCUT2D eigenvalue weighted by molar-refractivity contribution is 8.01. The lowest BCUT2D eigenvalue weighted by molar-refractivity contribution is -0.137. The van der Waals surface area contributed by atoms with Crippen LogP contribution in [0.5, 0.6) is 0 Å². The molecule has 2 aromatic rings. The molecule has 0 aliphatic carbocycles. The van der Waals surface area contributed by atoms with E-state index in [0.29, 0.717) is 25.3 Å². The molecule has 3 rings (SSSR count). The van der Waals surface area contributed by atoms with E-state index in [9.17, 15) is 14.0 Å². The van der Waals surface area contributed by atoms with Crippen molar-refractivity contribution in [1.82, 2.24) is 15.2 Å². The average Bonchev–Trinajstić information content (AvgIpc) is 2.69. The number of aromatic nitrogens is 1. The van der Waals surface area contributed by atoms with Crippen LogP contribution in [0.4, 0.5) is 4.39 Å². The van der Waals surface area contributed by atoms with Crippen LogP contribution in [0, 0.1) is 5.82 Å². The van der Waals surface area contributed by atoms with E-state index in [0.717, 1.165) is 11.1 Å². The molecule has 0 unspecified atom stereocenters. The fourth-order valence-corrected chi connectivity index (χ4v) is 3.98. The smallest absolute Gasteiger partial charge is 0.246 e. The van der Waals surface area contributed by atoms with E-state index in [1.807, 2.05) is 26.0 Å². The van der Waals surface area contributed by atoms with Crippen LogP contribution in [0.3, 0.4) is 0 Å². The topological polar surface area (TPSA) is 62.3 Å². The maximum atomic E-state index is 13.2. The Labute approximate surface area is 168 Å². The molecule has 0 saturated carbocycles. The van der Waals surface area contributed by atoms with Crippen LogP contribution in [0.25, 0.3) is 0 Å². The van der Waals surface area contributed by atoms with Crippen molar-refractivity contribution in [2.75, 3.05) is 12.3 Å². The first-order valence-electron chi connectivity index (χ1n) is 9.22. The van der Waals surface area contributed by atoms with Crippen molar-refractivity contribution in [3.05, 3.63) is 65.7 Å². The maximum absolute atomic E-state index is 13.2. The van der Waals surface area contributed by atoms with Gasteiger partial charge in [-0.3, -0.25) is 14.6 Å². The van der Waals surface area contributed by atoms with Crippen molar-refractivity contribution in [3.63, 3.8) is 0 Å². The molecule has 28 heavy (non-hydrogen) atoms. The molecule has 1 fully saturated rings. The van der Waals surface area contributed by atoms with Gasteiger partial charge in [0.25, 0.3) is 0 Å². The molecule has 7 heteroatoms. The van der Waals surface area contributed by atoms with Crippen LogP contribution < -0.4 is 5.32 Å². The van der Waals surface area contributed by atoms with Crippen molar-refractivity contribution in [3.8, 4) is 0 Å². The number of carbonyl (C=O) groups is 2. The lowest BCUT2D eigenvalue weighted by atomic mass is 10.1. The highest BCUT2D eigenvalue weighted by Gasteiger charge is 2.39. The normalized spacial score (nSPS) is 18.4. The molecule has 0 bridgehead atoms. The van der Waals surface area contributed by atoms with Gasteiger partial charge in [-0.2, -0.15) is 0 Å². The van der Waals surface area contributed by atoms with Gasteiger partial charge in [0.05, 0.1) is 4.75 Å². The number of thioether (sulfide) groups is 1. The molecule has 1 aromatic carbocycles. The lowest BCUT2D eigenvalue weighted by Gasteiger charge is -2.35. The van der Waals surface area contributed by atoms with Crippen molar-refractivity contribution in [1.29, 1.82) is 0 Å². The number of nitrogens with one attached hydrogen (secondary N) is 1. The molecule has 0 radical (unpaired) electrons. The highest BCUT2D eigenvalue weighted by atomic mass is 32.2. The summed E-state index contributed by atoms with van der Waals surface area (Å²) in [6.45, 7) is 4.60. The summed E-state index contributed by atoms with van der Waals surface area (Å²) < 4.78 is 12.6. The van der Waals surface area contributed by atoms with Crippen LogP contribution >= 0.6 is 11.8 Å². The number of carbonyl (C=O) groups excluding carboxylic acids is 2. The van der Waals surface area contributed by atoms with Gasteiger partial charge in [0.15, 0.2) is 0 Å². The third-order valence-corrected chi connectivity index (χ3v) is 6.16. The van der Waals surface area contributed by atoms with Crippen LogP contribution in [-0.2, 0) is 22.6 Å². The Balaban J connectivity index is 1.72.